The van der Waals surface area contributed by atoms with E-state index in [0.29, 0.717) is 19.0 Å². The van der Waals surface area contributed by atoms with Crippen molar-refractivity contribution in [1.29, 1.82) is 0 Å². The summed E-state index contributed by atoms with van der Waals surface area (Å²) >= 11 is 0. The van der Waals surface area contributed by atoms with Crippen LogP contribution in [0.1, 0.15) is 50.0 Å². The van der Waals surface area contributed by atoms with E-state index in [1.165, 1.54) is 0 Å². The van der Waals surface area contributed by atoms with E-state index in [9.17, 15) is 5.11 Å². The fourth-order valence-corrected chi connectivity index (χ4v) is 2.60. The molecular formula is C22H33IN4O2. The van der Waals surface area contributed by atoms with Crippen molar-refractivity contribution in [3.63, 3.8) is 0 Å². The smallest absolute Gasteiger partial charge is 0.191 e. The first-order valence-corrected chi connectivity index (χ1v) is 9.89. The monoisotopic (exact) mass is 512 g/mol. The second kappa shape index (κ2) is 13.4. The summed E-state index contributed by atoms with van der Waals surface area (Å²) in [5.41, 5.74) is 3.02. The lowest BCUT2D eigenvalue weighted by atomic mass is 10.1. The molecule has 0 aliphatic rings. The number of aliphatic hydroxyl groups excluding tert-OH is 1. The molecule has 1 heterocycles. The maximum atomic E-state index is 10.3. The minimum atomic E-state index is -0.629. The Kier molecular flexibility index (Phi) is 11.6. The van der Waals surface area contributed by atoms with Crippen LogP contribution in [0, 0.1) is 6.92 Å². The van der Waals surface area contributed by atoms with Crippen LogP contribution < -0.4 is 15.4 Å². The second-order valence-electron chi connectivity index (χ2n) is 6.82. The molecule has 0 bridgehead atoms. The van der Waals surface area contributed by atoms with Gasteiger partial charge < -0.3 is 20.5 Å². The molecule has 1 aromatic carbocycles. The van der Waals surface area contributed by atoms with Crippen LogP contribution in [0.25, 0.3) is 0 Å². The lowest BCUT2D eigenvalue weighted by Gasteiger charge is -2.17. The van der Waals surface area contributed by atoms with Gasteiger partial charge in [0, 0.05) is 31.0 Å². The summed E-state index contributed by atoms with van der Waals surface area (Å²) in [7, 11) is 0. The number of aryl methyl sites for hydroxylation is 1. The summed E-state index contributed by atoms with van der Waals surface area (Å²) < 4.78 is 6.07. The zero-order valence-electron chi connectivity index (χ0n) is 17.7. The van der Waals surface area contributed by atoms with Gasteiger partial charge in [-0.25, -0.2) is 4.99 Å². The molecule has 2 aromatic rings. The maximum absolute atomic E-state index is 10.3. The van der Waals surface area contributed by atoms with Gasteiger partial charge in [0.25, 0.3) is 0 Å². The van der Waals surface area contributed by atoms with Gasteiger partial charge in [-0.1, -0.05) is 19.1 Å². The van der Waals surface area contributed by atoms with E-state index in [1.54, 1.807) is 24.5 Å². The van der Waals surface area contributed by atoms with E-state index >= 15 is 0 Å². The summed E-state index contributed by atoms with van der Waals surface area (Å²) in [5.74, 6) is 1.54. The van der Waals surface area contributed by atoms with Crippen LogP contribution in [-0.4, -0.2) is 35.2 Å². The molecule has 0 aliphatic carbocycles. The van der Waals surface area contributed by atoms with Gasteiger partial charge in [0.2, 0.25) is 0 Å². The molecule has 6 nitrogen and oxygen atoms in total. The van der Waals surface area contributed by atoms with Crippen LogP contribution in [0.4, 0.5) is 0 Å². The third kappa shape index (κ3) is 8.57. The van der Waals surface area contributed by atoms with Gasteiger partial charge in [-0.3, -0.25) is 4.98 Å². The zero-order valence-corrected chi connectivity index (χ0v) is 20.0. The molecule has 0 radical (unpaired) electrons. The van der Waals surface area contributed by atoms with Crippen LogP contribution in [0.15, 0.2) is 47.7 Å². The fourth-order valence-electron chi connectivity index (χ4n) is 2.60. The fraction of sp³-hybridized carbons (Fsp3) is 0.455. The minimum Gasteiger partial charge on any atom is -0.490 e. The van der Waals surface area contributed by atoms with Crippen LogP contribution in [-0.2, 0) is 6.54 Å². The van der Waals surface area contributed by atoms with E-state index in [0.717, 1.165) is 35.4 Å². The normalized spacial score (nSPS) is 13.2. The average Bonchev–Trinajstić information content (AvgIpc) is 2.71. The molecule has 2 unspecified atom stereocenters. The van der Waals surface area contributed by atoms with Gasteiger partial charge in [0.15, 0.2) is 5.96 Å². The van der Waals surface area contributed by atoms with E-state index in [2.05, 4.69) is 59.6 Å². The summed E-state index contributed by atoms with van der Waals surface area (Å²) in [6.45, 7) is 9.84. The van der Waals surface area contributed by atoms with Gasteiger partial charge in [0.1, 0.15) is 5.75 Å². The zero-order chi connectivity index (χ0) is 20.4. The number of rotatable bonds is 9. The number of aromatic nitrogens is 1. The van der Waals surface area contributed by atoms with E-state index in [-0.39, 0.29) is 30.1 Å². The van der Waals surface area contributed by atoms with Gasteiger partial charge in [-0.05, 0) is 56.5 Å². The highest BCUT2D eigenvalue weighted by Crippen LogP contribution is 2.23. The van der Waals surface area contributed by atoms with Gasteiger partial charge >= 0.3 is 0 Å². The number of nitrogens with one attached hydrogen (secondary N) is 2. The molecule has 0 aliphatic heterocycles. The second-order valence-corrected chi connectivity index (χ2v) is 6.82. The number of aliphatic imine (C=N–C) groups is 1. The minimum absolute atomic E-state index is 0. The SMILES string of the molecule is CCNC(=NCc1ccc(C)cc1OC(C)CC)NCC(O)c1ccncc1.I. The molecule has 0 spiro atoms. The lowest BCUT2D eigenvalue weighted by Crippen LogP contribution is -2.39. The number of benzene rings is 1. The predicted molar refractivity (Wildman–Crippen MR) is 129 cm³/mol. The van der Waals surface area contributed by atoms with Crippen molar-refractivity contribution in [2.75, 3.05) is 13.1 Å². The number of halogens is 1. The third-order valence-electron chi connectivity index (χ3n) is 4.43. The van der Waals surface area contributed by atoms with Gasteiger partial charge in [0.05, 0.1) is 18.8 Å². The number of guanidine groups is 1. The number of nitrogens with zero attached hydrogens (tertiary/aromatic N) is 2. The van der Waals surface area contributed by atoms with Crippen LogP contribution in [0.3, 0.4) is 0 Å². The van der Waals surface area contributed by atoms with Crippen molar-refractivity contribution in [3.8, 4) is 5.75 Å². The predicted octanol–water partition coefficient (Wildman–Crippen LogP) is 3.97. The largest absolute Gasteiger partial charge is 0.490 e. The number of pyridine rings is 1. The molecule has 2 rings (SSSR count). The maximum Gasteiger partial charge on any atom is 0.191 e. The van der Waals surface area contributed by atoms with E-state index in [4.69, 9.17) is 4.74 Å². The Morgan fingerprint density at radius 2 is 1.90 bits per heavy atom. The van der Waals surface area contributed by atoms with Gasteiger partial charge in [-0.2, -0.15) is 0 Å². The van der Waals surface area contributed by atoms with Crippen LogP contribution in [0.5, 0.6) is 5.75 Å². The summed E-state index contributed by atoms with van der Waals surface area (Å²) in [6.07, 6.45) is 3.83. The molecular weight excluding hydrogens is 479 g/mol. The standard InChI is InChI=1S/C22H32N4O2.HI/c1-5-17(4)28-21-13-16(3)7-8-19(21)14-25-22(24-6-2)26-15-20(27)18-9-11-23-12-10-18;/h7-13,17,20,27H,5-6,14-15H2,1-4H3,(H2,24,25,26);1H. The summed E-state index contributed by atoms with van der Waals surface area (Å²) in [4.78, 5) is 8.64. The molecule has 0 amide bonds. The molecule has 3 N–H and O–H groups in total. The Morgan fingerprint density at radius 3 is 2.55 bits per heavy atom. The van der Waals surface area contributed by atoms with Crippen molar-refractivity contribution in [3.05, 3.63) is 59.4 Å². The Morgan fingerprint density at radius 1 is 1.17 bits per heavy atom. The Labute approximate surface area is 191 Å². The number of aliphatic hydroxyl groups is 1. The first-order chi connectivity index (χ1) is 13.5. The summed E-state index contributed by atoms with van der Waals surface area (Å²) in [6, 6.07) is 9.81. The van der Waals surface area contributed by atoms with Crippen molar-refractivity contribution in [1.82, 2.24) is 15.6 Å². The van der Waals surface area contributed by atoms with Crippen molar-refractivity contribution >= 4 is 29.9 Å². The molecule has 0 fully saturated rings. The highest BCUT2D eigenvalue weighted by molar-refractivity contribution is 14.0. The average molecular weight is 512 g/mol. The van der Waals surface area contributed by atoms with Crippen LogP contribution >= 0.6 is 24.0 Å². The molecule has 160 valence electrons. The number of hydrogen-bond acceptors (Lipinski definition) is 4. The van der Waals surface area contributed by atoms with Crippen molar-refractivity contribution in [2.24, 2.45) is 4.99 Å². The quantitative estimate of drug-likeness (QED) is 0.269. The Bertz CT molecular complexity index is 756. The Balaban J connectivity index is 0.00000420. The molecule has 0 saturated carbocycles. The summed E-state index contributed by atoms with van der Waals surface area (Å²) in [5, 5.41) is 16.7. The number of hydrogen-bond donors (Lipinski definition) is 3. The molecule has 0 saturated heterocycles. The molecule has 29 heavy (non-hydrogen) atoms. The lowest BCUT2D eigenvalue weighted by molar-refractivity contribution is 0.180. The van der Waals surface area contributed by atoms with Crippen molar-refractivity contribution in [2.45, 2.75) is 52.9 Å². The Hall–Kier alpha value is -1.87. The van der Waals surface area contributed by atoms with E-state index in [1.807, 2.05) is 6.92 Å². The first kappa shape index (κ1) is 25.2. The molecule has 1 aromatic heterocycles. The van der Waals surface area contributed by atoms with Crippen LogP contribution in [0.2, 0.25) is 0 Å². The first-order valence-electron chi connectivity index (χ1n) is 9.89. The highest BCUT2D eigenvalue weighted by atomic mass is 127. The topological polar surface area (TPSA) is 78.8 Å². The highest BCUT2D eigenvalue weighted by Gasteiger charge is 2.10. The third-order valence-corrected chi connectivity index (χ3v) is 4.43. The van der Waals surface area contributed by atoms with Crippen molar-refractivity contribution < 1.29 is 9.84 Å². The van der Waals surface area contributed by atoms with Gasteiger partial charge in [-0.15, -0.1) is 24.0 Å². The number of ether oxygens (including phenoxy) is 1. The van der Waals surface area contributed by atoms with E-state index < -0.39 is 6.10 Å². The molecule has 2 atom stereocenters. The molecule has 7 heteroatoms.